The molecule has 6 heteroatoms. The van der Waals surface area contributed by atoms with Crippen molar-refractivity contribution in [1.29, 1.82) is 0 Å². The van der Waals surface area contributed by atoms with E-state index in [2.05, 4.69) is 15.0 Å². The summed E-state index contributed by atoms with van der Waals surface area (Å²) in [5.41, 5.74) is 0.941. The molecule has 1 fully saturated rings. The number of methoxy groups -OCH3 is 1. The lowest BCUT2D eigenvalue weighted by molar-refractivity contribution is -0.140. The number of nitrogens with zero attached hydrogens (tertiary/aromatic N) is 2. The van der Waals surface area contributed by atoms with Crippen molar-refractivity contribution in [3.63, 3.8) is 0 Å². The van der Waals surface area contributed by atoms with E-state index in [0.29, 0.717) is 13.1 Å². The molecule has 23 heavy (non-hydrogen) atoms. The summed E-state index contributed by atoms with van der Waals surface area (Å²) in [6.07, 6.45) is 9.25. The number of hydrogen-bond donors (Lipinski definition) is 1. The van der Waals surface area contributed by atoms with Gasteiger partial charge in [-0.05, 0) is 24.5 Å². The Labute approximate surface area is 137 Å². The average Bonchev–Trinajstić information content (AvgIpc) is 2.60. The Kier molecular flexibility index (Phi) is 6.84. The van der Waals surface area contributed by atoms with Crippen LogP contribution in [0.5, 0.6) is 0 Å². The second kappa shape index (κ2) is 9.12. The molecule has 2 rings (SSSR count). The fourth-order valence-corrected chi connectivity index (χ4v) is 2.81. The fraction of sp³-hybridized carbons (Fsp3) is 0.588. The highest BCUT2D eigenvalue weighted by atomic mass is 16.5. The van der Waals surface area contributed by atoms with Gasteiger partial charge in [0.25, 0.3) is 0 Å². The first-order valence-electron chi connectivity index (χ1n) is 8.20. The van der Waals surface area contributed by atoms with Crippen LogP contribution in [0.2, 0.25) is 0 Å². The summed E-state index contributed by atoms with van der Waals surface area (Å²) < 4.78 is 4.67. The van der Waals surface area contributed by atoms with Gasteiger partial charge in [0.1, 0.15) is 0 Å². The Hall–Kier alpha value is -2.11. The Morgan fingerprint density at radius 2 is 2.13 bits per heavy atom. The van der Waals surface area contributed by atoms with Gasteiger partial charge in [0.2, 0.25) is 0 Å². The summed E-state index contributed by atoms with van der Waals surface area (Å²) >= 11 is 0. The van der Waals surface area contributed by atoms with Crippen LogP contribution in [0.4, 0.5) is 4.79 Å². The molecule has 0 aliphatic heterocycles. The Morgan fingerprint density at radius 3 is 2.78 bits per heavy atom. The predicted octanol–water partition coefficient (Wildman–Crippen LogP) is 2.49. The van der Waals surface area contributed by atoms with E-state index < -0.39 is 0 Å². The summed E-state index contributed by atoms with van der Waals surface area (Å²) in [5, 5.41) is 3.10. The van der Waals surface area contributed by atoms with Gasteiger partial charge in [-0.25, -0.2) is 4.79 Å². The van der Waals surface area contributed by atoms with E-state index in [0.717, 1.165) is 31.2 Å². The van der Waals surface area contributed by atoms with Crippen LogP contribution in [0.15, 0.2) is 24.5 Å². The highest BCUT2D eigenvalue weighted by Gasteiger charge is 2.20. The second-order valence-corrected chi connectivity index (χ2v) is 5.89. The Morgan fingerprint density at radius 1 is 1.35 bits per heavy atom. The zero-order valence-electron chi connectivity index (χ0n) is 13.7. The van der Waals surface area contributed by atoms with Crippen molar-refractivity contribution in [2.45, 2.75) is 51.1 Å². The number of urea groups is 1. The number of hydrogen-bond acceptors (Lipinski definition) is 4. The summed E-state index contributed by atoms with van der Waals surface area (Å²) in [5.74, 6) is -0.313. The molecule has 0 bridgehead atoms. The third kappa shape index (κ3) is 5.88. The number of carbonyl (C=O) groups excluding carboxylic acids is 2. The van der Waals surface area contributed by atoms with E-state index in [1.165, 1.54) is 13.5 Å². The summed E-state index contributed by atoms with van der Waals surface area (Å²) in [6.45, 7) is 0.767. The summed E-state index contributed by atoms with van der Waals surface area (Å²) in [4.78, 5) is 29.7. The first kappa shape index (κ1) is 17.2. The molecule has 126 valence electrons. The molecule has 0 saturated heterocycles. The molecule has 1 saturated carbocycles. The van der Waals surface area contributed by atoms with E-state index >= 15 is 0 Å². The third-order valence-corrected chi connectivity index (χ3v) is 4.13. The molecule has 1 aliphatic carbocycles. The summed E-state index contributed by atoms with van der Waals surface area (Å²) in [7, 11) is 1.36. The van der Waals surface area contributed by atoms with Gasteiger partial charge in [0.05, 0.1) is 13.5 Å². The summed E-state index contributed by atoms with van der Waals surface area (Å²) in [6, 6.07) is 3.88. The molecular formula is C17H25N3O3. The lowest BCUT2D eigenvalue weighted by Gasteiger charge is -2.28. The molecule has 1 aliphatic rings. The minimum absolute atomic E-state index is 0.121. The fourth-order valence-electron chi connectivity index (χ4n) is 2.81. The molecule has 1 N–H and O–H groups in total. The molecule has 0 radical (unpaired) electrons. The maximum atomic E-state index is 12.6. The van der Waals surface area contributed by atoms with E-state index in [1.807, 2.05) is 12.1 Å². The van der Waals surface area contributed by atoms with Gasteiger partial charge in [0.15, 0.2) is 0 Å². The van der Waals surface area contributed by atoms with Crippen LogP contribution in [-0.4, -0.2) is 41.6 Å². The van der Waals surface area contributed by atoms with Gasteiger partial charge < -0.3 is 15.0 Å². The van der Waals surface area contributed by atoms with Gasteiger partial charge in [0, 0.05) is 31.5 Å². The topological polar surface area (TPSA) is 71.5 Å². The SMILES string of the molecule is COC(=O)CCN(Cc1cccnc1)C(=O)NC1CCCCC1. The molecule has 0 aromatic carbocycles. The van der Waals surface area contributed by atoms with Crippen LogP contribution in [0.25, 0.3) is 0 Å². The number of pyridine rings is 1. The van der Waals surface area contributed by atoms with Crippen molar-refractivity contribution in [3.8, 4) is 0 Å². The number of rotatable bonds is 6. The quantitative estimate of drug-likeness (QED) is 0.818. The molecule has 0 unspecified atom stereocenters. The zero-order chi connectivity index (χ0) is 16.5. The standard InChI is InChI=1S/C17H25N3O3/c1-23-16(21)9-11-20(13-14-6-5-10-18-12-14)17(22)19-15-7-3-2-4-8-15/h5-6,10,12,15H,2-4,7-9,11,13H2,1H3,(H,19,22). The average molecular weight is 319 g/mol. The molecule has 1 aromatic rings. The van der Waals surface area contributed by atoms with Gasteiger partial charge in [-0.1, -0.05) is 25.3 Å². The normalized spacial score (nSPS) is 15.0. The van der Waals surface area contributed by atoms with Crippen molar-refractivity contribution >= 4 is 12.0 Å². The molecule has 6 nitrogen and oxygen atoms in total. The first-order valence-corrected chi connectivity index (χ1v) is 8.20. The van der Waals surface area contributed by atoms with Crippen LogP contribution in [0.1, 0.15) is 44.1 Å². The molecule has 0 atom stereocenters. The molecule has 1 aromatic heterocycles. The van der Waals surface area contributed by atoms with Crippen LogP contribution < -0.4 is 5.32 Å². The monoisotopic (exact) mass is 319 g/mol. The number of esters is 1. The van der Waals surface area contributed by atoms with Crippen LogP contribution in [-0.2, 0) is 16.1 Å². The van der Waals surface area contributed by atoms with Gasteiger partial charge >= 0.3 is 12.0 Å². The number of carbonyl (C=O) groups is 2. The number of aromatic nitrogens is 1. The molecule has 0 spiro atoms. The largest absolute Gasteiger partial charge is 0.469 e. The highest BCUT2D eigenvalue weighted by Crippen LogP contribution is 2.18. The Balaban J connectivity index is 1.95. The smallest absolute Gasteiger partial charge is 0.317 e. The van der Waals surface area contributed by atoms with Crippen molar-refractivity contribution in [2.75, 3.05) is 13.7 Å². The van der Waals surface area contributed by atoms with Crippen LogP contribution >= 0.6 is 0 Å². The van der Waals surface area contributed by atoms with Crippen molar-refractivity contribution < 1.29 is 14.3 Å². The van der Waals surface area contributed by atoms with E-state index in [4.69, 9.17) is 0 Å². The van der Waals surface area contributed by atoms with E-state index in [9.17, 15) is 9.59 Å². The van der Waals surface area contributed by atoms with Crippen molar-refractivity contribution in [3.05, 3.63) is 30.1 Å². The van der Waals surface area contributed by atoms with Crippen molar-refractivity contribution in [1.82, 2.24) is 15.2 Å². The van der Waals surface area contributed by atoms with Gasteiger partial charge in [-0.2, -0.15) is 0 Å². The molecule has 1 heterocycles. The maximum absolute atomic E-state index is 12.6. The van der Waals surface area contributed by atoms with E-state index in [-0.39, 0.29) is 24.5 Å². The predicted molar refractivity (Wildman–Crippen MR) is 86.7 cm³/mol. The lowest BCUT2D eigenvalue weighted by atomic mass is 9.96. The van der Waals surface area contributed by atoms with Crippen LogP contribution in [0, 0.1) is 0 Å². The molecular weight excluding hydrogens is 294 g/mol. The second-order valence-electron chi connectivity index (χ2n) is 5.89. The number of nitrogens with one attached hydrogen (secondary N) is 1. The minimum atomic E-state index is -0.313. The molecule has 2 amide bonds. The van der Waals surface area contributed by atoms with Crippen LogP contribution in [0.3, 0.4) is 0 Å². The lowest BCUT2D eigenvalue weighted by Crippen LogP contribution is -2.45. The highest BCUT2D eigenvalue weighted by molar-refractivity contribution is 5.76. The van der Waals surface area contributed by atoms with Crippen molar-refractivity contribution in [2.24, 2.45) is 0 Å². The zero-order valence-corrected chi connectivity index (χ0v) is 13.7. The first-order chi connectivity index (χ1) is 11.2. The van der Waals surface area contributed by atoms with E-state index in [1.54, 1.807) is 17.3 Å². The van der Waals surface area contributed by atoms with Gasteiger partial charge in [-0.3, -0.25) is 9.78 Å². The minimum Gasteiger partial charge on any atom is -0.469 e. The number of ether oxygens (including phenoxy) is 1. The Bertz CT molecular complexity index is 501. The third-order valence-electron chi connectivity index (χ3n) is 4.13. The maximum Gasteiger partial charge on any atom is 0.317 e. The van der Waals surface area contributed by atoms with Gasteiger partial charge in [-0.15, -0.1) is 0 Å². The number of amides is 2.